The molecule has 0 bridgehead atoms. The van der Waals surface area contributed by atoms with Gasteiger partial charge in [-0.1, -0.05) is 25.5 Å². The van der Waals surface area contributed by atoms with E-state index in [0.717, 1.165) is 23.6 Å². The lowest BCUT2D eigenvalue weighted by Gasteiger charge is -2.07. The van der Waals surface area contributed by atoms with Gasteiger partial charge >= 0.3 is 0 Å². The first-order chi connectivity index (χ1) is 8.78. The van der Waals surface area contributed by atoms with Gasteiger partial charge in [0, 0.05) is 5.69 Å². The molecule has 18 heavy (non-hydrogen) atoms. The van der Waals surface area contributed by atoms with Gasteiger partial charge in [-0.05, 0) is 54.8 Å². The Morgan fingerprint density at radius 3 is 2.00 bits per heavy atom. The molecule has 0 heterocycles. The van der Waals surface area contributed by atoms with E-state index in [1.54, 1.807) is 0 Å². The summed E-state index contributed by atoms with van der Waals surface area (Å²) < 4.78 is 5.74. The van der Waals surface area contributed by atoms with Gasteiger partial charge < -0.3 is 10.5 Å². The molecule has 0 aliphatic rings. The average molecular weight is 241 g/mol. The van der Waals surface area contributed by atoms with Crippen molar-refractivity contribution >= 4 is 5.69 Å². The molecule has 2 heteroatoms. The van der Waals surface area contributed by atoms with Crippen molar-refractivity contribution in [3.63, 3.8) is 0 Å². The first-order valence-corrected chi connectivity index (χ1v) is 6.40. The SMILES string of the molecule is CCCCc1ccc(Oc2ccc(N)cc2)cc1. The van der Waals surface area contributed by atoms with Crippen molar-refractivity contribution in [2.24, 2.45) is 0 Å². The van der Waals surface area contributed by atoms with Gasteiger partial charge in [0.25, 0.3) is 0 Å². The van der Waals surface area contributed by atoms with Gasteiger partial charge in [-0.3, -0.25) is 0 Å². The molecule has 2 aromatic rings. The quantitative estimate of drug-likeness (QED) is 0.787. The second-order valence-electron chi connectivity index (χ2n) is 4.42. The average Bonchev–Trinajstić information content (AvgIpc) is 2.41. The molecule has 0 aliphatic carbocycles. The minimum Gasteiger partial charge on any atom is -0.457 e. The van der Waals surface area contributed by atoms with Crippen molar-refractivity contribution in [3.05, 3.63) is 54.1 Å². The fraction of sp³-hybridized carbons (Fsp3) is 0.250. The molecular weight excluding hydrogens is 222 g/mol. The van der Waals surface area contributed by atoms with Gasteiger partial charge in [-0.15, -0.1) is 0 Å². The summed E-state index contributed by atoms with van der Waals surface area (Å²) in [6.45, 7) is 2.21. The Bertz CT molecular complexity index is 473. The summed E-state index contributed by atoms with van der Waals surface area (Å²) in [5, 5.41) is 0. The molecule has 0 amide bonds. The molecule has 0 fully saturated rings. The predicted octanol–water partition coefficient (Wildman–Crippen LogP) is 4.40. The van der Waals surface area contributed by atoms with Crippen LogP contribution < -0.4 is 10.5 Å². The maximum atomic E-state index is 5.74. The Balaban J connectivity index is 1.99. The highest BCUT2D eigenvalue weighted by Gasteiger charge is 1.98. The second kappa shape index (κ2) is 6.10. The molecule has 94 valence electrons. The summed E-state index contributed by atoms with van der Waals surface area (Å²) in [6, 6.07) is 15.7. The third kappa shape index (κ3) is 3.52. The van der Waals surface area contributed by atoms with Crippen molar-refractivity contribution in [2.45, 2.75) is 26.2 Å². The summed E-state index contributed by atoms with van der Waals surface area (Å²) in [5.41, 5.74) is 7.74. The first-order valence-electron chi connectivity index (χ1n) is 6.40. The van der Waals surface area contributed by atoms with Crippen LogP contribution >= 0.6 is 0 Å². The van der Waals surface area contributed by atoms with Crippen LogP contribution in [-0.2, 0) is 6.42 Å². The van der Waals surface area contributed by atoms with E-state index >= 15 is 0 Å². The molecule has 0 saturated carbocycles. The van der Waals surface area contributed by atoms with Gasteiger partial charge in [0.15, 0.2) is 0 Å². The molecule has 0 saturated heterocycles. The zero-order valence-electron chi connectivity index (χ0n) is 10.7. The lowest BCUT2D eigenvalue weighted by atomic mass is 10.1. The standard InChI is InChI=1S/C16H19NO/c1-2-3-4-13-5-9-15(10-6-13)18-16-11-7-14(17)8-12-16/h5-12H,2-4,17H2,1H3. The fourth-order valence-electron chi connectivity index (χ4n) is 1.78. The van der Waals surface area contributed by atoms with Crippen molar-refractivity contribution < 1.29 is 4.74 Å². The number of rotatable bonds is 5. The van der Waals surface area contributed by atoms with Crippen LogP contribution in [0.25, 0.3) is 0 Å². The van der Waals surface area contributed by atoms with E-state index in [1.807, 2.05) is 36.4 Å². The Kier molecular flexibility index (Phi) is 4.24. The Morgan fingerprint density at radius 2 is 1.44 bits per heavy atom. The minimum absolute atomic E-state index is 0.747. The van der Waals surface area contributed by atoms with E-state index in [2.05, 4.69) is 19.1 Å². The normalized spacial score (nSPS) is 10.3. The summed E-state index contributed by atoms with van der Waals surface area (Å²) in [7, 11) is 0. The van der Waals surface area contributed by atoms with E-state index in [0.29, 0.717) is 0 Å². The monoisotopic (exact) mass is 241 g/mol. The highest BCUT2D eigenvalue weighted by atomic mass is 16.5. The predicted molar refractivity (Wildman–Crippen MR) is 76.0 cm³/mol. The molecule has 0 atom stereocenters. The number of aryl methyl sites for hydroxylation is 1. The summed E-state index contributed by atoms with van der Waals surface area (Å²) in [4.78, 5) is 0. The van der Waals surface area contributed by atoms with Crippen molar-refractivity contribution in [1.29, 1.82) is 0 Å². The van der Waals surface area contributed by atoms with Crippen molar-refractivity contribution in [2.75, 3.05) is 5.73 Å². The molecule has 0 radical (unpaired) electrons. The number of unbranched alkanes of at least 4 members (excludes halogenated alkanes) is 1. The largest absolute Gasteiger partial charge is 0.457 e. The van der Waals surface area contributed by atoms with Crippen LogP contribution in [0.15, 0.2) is 48.5 Å². The number of hydrogen-bond donors (Lipinski definition) is 1. The zero-order valence-corrected chi connectivity index (χ0v) is 10.7. The molecule has 0 unspecified atom stereocenters. The maximum absolute atomic E-state index is 5.74. The molecule has 0 spiro atoms. The highest BCUT2D eigenvalue weighted by molar-refractivity contribution is 5.43. The van der Waals surface area contributed by atoms with E-state index in [9.17, 15) is 0 Å². The Labute approximate surface area is 108 Å². The molecule has 2 rings (SSSR count). The number of anilines is 1. The van der Waals surface area contributed by atoms with Crippen LogP contribution in [0.1, 0.15) is 25.3 Å². The number of ether oxygens (including phenoxy) is 1. The van der Waals surface area contributed by atoms with Crippen LogP contribution in [0.5, 0.6) is 11.5 Å². The summed E-state index contributed by atoms with van der Waals surface area (Å²) in [6.07, 6.45) is 3.60. The fourth-order valence-corrected chi connectivity index (χ4v) is 1.78. The smallest absolute Gasteiger partial charge is 0.127 e. The van der Waals surface area contributed by atoms with Crippen LogP contribution in [0, 0.1) is 0 Å². The summed E-state index contributed by atoms with van der Waals surface area (Å²) in [5.74, 6) is 1.67. The summed E-state index contributed by atoms with van der Waals surface area (Å²) >= 11 is 0. The Hall–Kier alpha value is -1.96. The van der Waals surface area contributed by atoms with Crippen molar-refractivity contribution in [3.8, 4) is 11.5 Å². The maximum Gasteiger partial charge on any atom is 0.127 e. The van der Waals surface area contributed by atoms with E-state index < -0.39 is 0 Å². The van der Waals surface area contributed by atoms with E-state index in [-0.39, 0.29) is 0 Å². The van der Waals surface area contributed by atoms with Gasteiger partial charge in [-0.2, -0.15) is 0 Å². The lowest BCUT2D eigenvalue weighted by Crippen LogP contribution is -1.88. The molecule has 2 aromatic carbocycles. The first kappa shape index (κ1) is 12.5. The van der Waals surface area contributed by atoms with E-state index in [4.69, 9.17) is 10.5 Å². The number of hydrogen-bond acceptors (Lipinski definition) is 2. The van der Waals surface area contributed by atoms with Gasteiger partial charge in [0.1, 0.15) is 11.5 Å². The zero-order chi connectivity index (χ0) is 12.8. The molecule has 0 aliphatic heterocycles. The minimum atomic E-state index is 0.747. The van der Waals surface area contributed by atoms with E-state index in [1.165, 1.54) is 18.4 Å². The topological polar surface area (TPSA) is 35.2 Å². The molecule has 0 aromatic heterocycles. The van der Waals surface area contributed by atoms with Crippen LogP contribution in [-0.4, -0.2) is 0 Å². The third-order valence-electron chi connectivity index (χ3n) is 2.86. The van der Waals surface area contributed by atoms with Crippen LogP contribution in [0.4, 0.5) is 5.69 Å². The van der Waals surface area contributed by atoms with Crippen molar-refractivity contribution in [1.82, 2.24) is 0 Å². The van der Waals surface area contributed by atoms with Gasteiger partial charge in [0.2, 0.25) is 0 Å². The molecular formula is C16H19NO. The number of benzene rings is 2. The molecule has 2 nitrogen and oxygen atoms in total. The highest BCUT2D eigenvalue weighted by Crippen LogP contribution is 2.22. The molecule has 2 N–H and O–H groups in total. The third-order valence-corrected chi connectivity index (χ3v) is 2.86. The lowest BCUT2D eigenvalue weighted by molar-refractivity contribution is 0.482. The Morgan fingerprint density at radius 1 is 0.889 bits per heavy atom. The number of nitrogen functional groups attached to an aromatic ring is 1. The second-order valence-corrected chi connectivity index (χ2v) is 4.42. The number of nitrogens with two attached hydrogens (primary N) is 1. The van der Waals surface area contributed by atoms with Crippen LogP contribution in [0.2, 0.25) is 0 Å². The van der Waals surface area contributed by atoms with Gasteiger partial charge in [-0.25, -0.2) is 0 Å². The van der Waals surface area contributed by atoms with Gasteiger partial charge in [0.05, 0.1) is 0 Å². The van der Waals surface area contributed by atoms with Crippen LogP contribution in [0.3, 0.4) is 0 Å².